The number of carbonyl (C=O) groups is 1. The van der Waals surface area contributed by atoms with Crippen LogP contribution in [-0.4, -0.2) is 75.3 Å². The van der Waals surface area contributed by atoms with Gasteiger partial charge in [0.05, 0.1) is 64.1 Å². The minimum Gasteiger partial charge on any atom is -0.497 e. The van der Waals surface area contributed by atoms with Gasteiger partial charge in [-0.2, -0.15) is 0 Å². The van der Waals surface area contributed by atoms with E-state index in [0.29, 0.717) is 26.4 Å². The molecule has 2 heterocycles. The number of benzene rings is 2. The Balaban J connectivity index is 1.32. The molecule has 0 radical (unpaired) electrons. The number of allylic oxidation sites excluding steroid dienone is 1. The van der Waals surface area contributed by atoms with Crippen LogP contribution >= 0.6 is 0 Å². The van der Waals surface area contributed by atoms with Crippen molar-refractivity contribution in [3.8, 4) is 5.75 Å². The largest absolute Gasteiger partial charge is 0.497 e. The maximum atomic E-state index is 13.5. The molecule has 0 aromatic heterocycles. The summed E-state index contributed by atoms with van der Waals surface area (Å²) in [6, 6.07) is 18.1. The Bertz CT molecular complexity index is 1440. The quantitative estimate of drug-likeness (QED) is 0.131. The summed E-state index contributed by atoms with van der Waals surface area (Å²) < 4.78 is 49.5. The highest BCUT2D eigenvalue weighted by Crippen LogP contribution is 2.40. The Morgan fingerprint density at radius 1 is 0.704 bits per heavy atom. The third kappa shape index (κ3) is 12.4. The van der Waals surface area contributed by atoms with Crippen molar-refractivity contribution in [2.24, 2.45) is 35.5 Å². The van der Waals surface area contributed by atoms with Crippen LogP contribution in [-0.2, 0) is 51.2 Å². The molecular weight excluding hydrogens is 684 g/mol. The number of rotatable bonds is 19. The van der Waals surface area contributed by atoms with Crippen LogP contribution in [0.5, 0.6) is 5.75 Å². The van der Waals surface area contributed by atoms with Crippen molar-refractivity contribution in [2.75, 3.05) is 27.4 Å². The Hall–Kier alpha value is -2.63. The molecule has 0 spiro atoms. The van der Waals surface area contributed by atoms with Gasteiger partial charge in [-0.1, -0.05) is 90.1 Å². The topological polar surface area (TPSA) is 90.9 Å². The van der Waals surface area contributed by atoms with Crippen LogP contribution in [0.1, 0.15) is 86.8 Å². The number of methoxy groups -OCH3 is 2. The summed E-state index contributed by atoms with van der Waals surface area (Å²) in [4.78, 5) is 13.5. The molecule has 2 fully saturated rings. The Kier molecular flexibility index (Phi) is 16.3. The van der Waals surface area contributed by atoms with Gasteiger partial charge in [-0.15, -0.1) is 0 Å². The zero-order valence-corrected chi connectivity index (χ0v) is 34.9. The summed E-state index contributed by atoms with van der Waals surface area (Å²) in [5.41, 5.74) is 2.24. The van der Waals surface area contributed by atoms with E-state index in [1.54, 1.807) is 20.3 Å². The summed E-state index contributed by atoms with van der Waals surface area (Å²) in [6.07, 6.45) is 3.12. The Morgan fingerprint density at radius 3 is 1.70 bits per heavy atom. The normalized spacial score (nSPS) is 28.2. The van der Waals surface area contributed by atoms with E-state index in [1.807, 2.05) is 76.2 Å². The molecule has 2 saturated heterocycles. The van der Waals surface area contributed by atoms with Gasteiger partial charge in [0.15, 0.2) is 17.4 Å². The number of carbonyl (C=O) groups excluding carboxylic acids is 1. The van der Waals surface area contributed by atoms with Crippen LogP contribution in [0.2, 0.25) is 0 Å². The van der Waals surface area contributed by atoms with Crippen molar-refractivity contribution in [1.82, 2.24) is 0 Å². The van der Waals surface area contributed by atoms with Crippen molar-refractivity contribution in [3.63, 3.8) is 0 Å². The first kappa shape index (κ1) is 44.1. The predicted octanol–water partition coefficient (Wildman–Crippen LogP) is 8.82. The van der Waals surface area contributed by atoms with Gasteiger partial charge < -0.3 is 37.9 Å². The van der Waals surface area contributed by atoms with E-state index < -0.39 is 11.6 Å². The summed E-state index contributed by atoms with van der Waals surface area (Å²) in [5.74, 6) is -0.390. The highest BCUT2D eigenvalue weighted by molar-refractivity contribution is 5.90. The summed E-state index contributed by atoms with van der Waals surface area (Å²) >= 11 is 0. The fourth-order valence-electron chi connectivity index (χ4n) is 8.15. The van der Waals surface area contributed by atoms with Crippen LogP contribution in [0.25, 0.3) is 0 Å². The fourth-order valence-corrected chi connectivity index (χ4v) is 8.15. The van der Waals surface area contributed by atoms with Gasteiger partial charge >= 0.3 is 0 Å². The molecule has 0 saturated carbocycles. The number of ether oxygens (including phenoxy) is 8. The Morgan fingerprint density at radius 2 is 1.19 bits per heavy atom. The lowest BCUT2D eigenvalue weighted by atomic mass is 9.79. The first-order valence-electron chi connectivity index (χ1n) is 19.8. The van der Waals surface area contributed by atoms with Crippen molar-refractivity contribution in [2.45, 2.75) is 131 Å². The molecule has 0 bridgehead atoms. The molecule has 9 heteroatoms. The highest BCUT2D eigenvalue weighted by atomic mass is 16.7. The molecule has 0 unspecified atom stereocenters. The van der Waals surface area contributed by atoms with Crippen molar-refractivity contribution in [3.05, 3.63) is 77.9 Å². The fraction of sp³-hybridized carbons (Fsp3) is 0.667. The first-order valence-corrected chi connectivity index (χ1v) is 19.8. The van der Waals surface area contributed by atoms with Crippen LogP contribution in [0.3, 0.4) is 0 Å². The van der Waals surface area contributed by atoms with Gasteiger partial charge in [0.1, 0.15) is 5.75 Å². The van der Waals surface area contributed by atoms with Gasteiger partial charge in [0.25, 0.3) is 0 Å². The molecule has 2 aromatic carbocycles. The van der Waals surface area contributed by atoms with E-state index in [4.69, 9.17) is 37.9 Å². The lowest BCUT2D eigenvalue weighted by molar-refractivity contribution is -0.339. The molecule has 0 amide bonds. The summed E-state index contributed by atoms with van der Waals surface area (Å²) in [5, 5.41) is 0. The van der Waals surface area contributed by atoms with E-state index in [-0.39, 0.29) is 78.2 Å². The first-order chi connectivity index (χ1) is 25.5. The van der Waals surface area contributed by atoms with Gasteiger partial charge in [0.2, 0.25) is 0 Å². The monoisotopic (exact) mass is 752 g/mol. The van der Waals surface area contributed by atoms with E-state index in [0.717, 1.165) is 16.9 Å². The minimum absolute atomic E-state index is 0.00887. The van der Waals surface area contributed by atoms with E-state index in [1.165, 1.54) is 0 Å². The zero-order valence-electron chi connectivity index (χ0n) is 34.9. The van der Waals surface area contributed by atoms with Gasteiger partial charge in [0, 0.05) is 49.0 Å². The third-order valence-corrected chi connectivity index (χ3v) is 11.1. The SMILES string of the molecule is COc1ccc(COC[C@H](C)[C@@H]2OC(C)(C)O[C@@H]([C@H](C)[C@@H](CC(=O)/C=C/[C@H](C)[C@@H]3OC(C)(C)O[C@@H]([C@@H](C)COCc4ccccc4)[C@@H]3C)OC)[C@@H]2C)cc1. The van der Waals surface area contributed by atoms with E-state index in [2.05, 4.69) is 53.7 Å². The van der Waals surface area contributed by atoms with E-state index in [9.17, 15) is 4.79 Å². The number of hydrogen-bond donors (Lipinski definition) is 0. The molecule has 4 rings (SSSR count). The maximum Gasteiger partial charge on any atom is 0.163 e. The second-order valence-corrected chi connectivity index (χ2v) is 16.7. The second-order valence-electron chi connectivity index (χ2n) is 16.7. The summed E-state index contributed by atoms with van der Waals surface area (Å²) in [6.45, 7) is 22.9. The predicted molar refractivity (Wildman–Crippen MR) is 211 cm³/mol. The second kappa shape index (κ2) is 20.0. The molecule has 0 aliphatic carbocycles. The standard InChI is InChI=1S/C45H68O9/c1-29(40-33(5)41(52-44(7,8)51-40)30(2)25-49-27-35-16-14-13-15-17-35)18-21-37(46)24-39(48-12)32(4)43-34(6)42(53-45(9,10)54-43)31(3)26-50-28-36-19-22-38(47-11)23-20-36/h13-23,29-34,39-43H,24-28H2,1-12H3/b21-18+/t29-,30-,31-,32+,33+,34+,39+,40-,41-,42-,43-/m0/s1. The van der Waals surface area contributed by atoms with Crippen LogP contribution in [0, 0.1) is 35.5 Å². The molecule has 11 atom stereocenters. The molecule has 54 heavy (non-hydrogen) atoms. The van der Waals surface area contributed by atoms with Crippen LogP contribution < -0.4 is 4.74 Å². The lowest BCUT2D eigenvalue weighted by Crippen LogP contribution is -2.56. The molecule has 0 N–H and O–H groups in total. The molecule has 2 aromatic rings. The van der Waals surface area contributed by atoms with Crippen LogP contribution in [0.15, 0.2) is 66.7 Å². The van der Waals surface area contributed by atoms with E-state index >= 15 is 0 Å². The third-order valence-electron chi connectivity index (χ3n) is 11.1. The zero-order chi connectivity index (χ0) is 39.6. The van der Waals surface area contributed by atoms with Crippen LogP contribution in [0.4, 0.5) is 0 Å². The smallest absolute Gasteiger partial charge is 0.163 e. The Labute approximate surface area is 325 Å². The van der Waals surface area contributed by atoms with Crippen molar-refractivity contribution in [1.29, 1.82) is 0 Å². The number of ketones is 1. The minimum atomic E-state index is -0.796. The van der Waals surface area contributed by atoms with Gasteiger partial charge in [-0.05, 0) is 57.0 Å². The maximum absolute atomic E-state index is 13.5. The average molecular weight is 753 g/mol. The number of hydrogen-bond acceptors (Lipinski definition) is 9. The molecule has 2 aliphatic heterocycles. The lowest BCUT2D eigenvalue weighted by Gasteiger charge is -2.49. The molecule has 9 nitrogen and oxygen atoms in total. The highest BCUT2D eigenvalue weighted by Gasteiger charge is 2.47. The summed E-state index contributed by atoms with van der Waals surface area (Å²) in [7, 11) is 3.34. The van der Waals surface area contributed by atoms with Gasteiger partial charge in [-0.3, -0.25) is 4.79 Å². The molecule has 2 aliphatic rings. The molecule has 302 valence electrons. The van der Waals surface area contributed by atoms with Crippen molar-refractivity contribution < 1.29 is 42.7 Å². The average Bonchev–Trinajstić information content (AvgIpc) is 3.14. The van der Waals surface area contributed by atoms with Gasteiger partial charge in [-0.25, -0.2) is 0 Å². The molecular formula is C45H68O9. The van der Waals surface area contributed by atoms with Crippen molar-refractivity contribution >= 4 is 5.78 Å².